The highest BCUT2D eigenvalue weighted by Gasteiger charge is 2.16. The normalized spacial score (nSPS) is 11.0. The van der Waals surface area contributed by atoms with Gasteiger partial charge in [0, 0.05) is 17.9 Å². The van der Waals surface area contributed by atoms with Crippen LogP contribution in [0.1, 0.15) is 12.1 Å². The molecule has 3 rings (SSSR count). The van der Waals surface area contributed by atoms with Gasteiger partial charge in [-0.25, -0.2) is 13.4 Å². The highest BCUT2D eigenvalue weighted by Crippen LogP contribution is 2.29. The van der Waals surface area contributed by atoms with E-state index in [4.69, 9.17) is 9.47 Å². The van der Waals surface area contributed by atoms with Crippen LogP contribution in [0.2, 0.25) is 0 Å². The molecular formula is C20H21N3O5S2. The average Bonchev–Trinajstić information content (AvgIpc) is 3.19. The maximum Gasteiger partial charge on any atom is 0.263 e. The third-order valence-electron chi connectivity index (χ3n) is 4.12. The quantitative estimate of drug-likeness (QED) is 0.520. The number of nitrogens with one attached hydrogen (secondary N) is 2. The van der Waals surface area contributed by atoms with Crippen molar-refractivity contribution in [1.29, 1.82) is 0 Å². The van der Waals surface area contributed by atoms with Crippen molar-refractivity contribution >= 4 is 38.1 Å². The van der Waals surface area contributed by atoms with Crippen molar-refractivity contribution in [2.45, 2.75) is 17.7 Å². The molecule has 0 aliphatic carbocycles. The second kappa shape index (κ2) is 9.59. The largest absolute Gasteiger partial charge is 0.497 e. The molecule has 158 valence electrons. The standard InChI is InChI=1S/C20H21N3O5S2/c1-27-15-9-10-18(28-2)17(12-15)22-19(24)11-8-14-13-29-20(21-14)23-30(25,26)16-6-4-3-5-7-16/h3-7,9-10,12-13H,8,11H2,1-2H3,(H,21,23)(H,22,24). The van der Waals surface area contributed by atoms with Crippen molar-refractivity contribution in [2.75, 3.05) is 24.3 Å². The Morgan fingerprint density at radius 2 is 1.87 bits per heavy atom. The molecule has 0 atom stereocenters. The summed E-state index contributed by atoms with van der Waals surface area (Å²) in [7, 11) is -0.634. The zero-order valence-electron chi connectivity index (χ0n) is 16.4. The molecule has 2 aromatic carbocycles. The molecule has 2 N–H and O–H groups in total. The first kappa shape index (κ1) is 21.6. The molecule has 8 nitrogen and oxygen atoms in total. The first-order chi connectivity index (χ1) is 14.4. The summed E-state index contributed by atoms with van der Waals surface area (Å²) in [5, 5.41) is 4.77. The van der Waals surface area contributed by atoms with Gasteiger partial charge in [-0.05, 0) is 30.7 Å². The van der Waals surface area contributed by atoms with Gasteiger partial charge in [0.15, 0.2) is 5.13 Å². The Hall–Kier alpha value is -3.11. The summed E-state index contributed by atoms with van der Waals surface area (Å²) >= 11 is 1.17. The number of aryl methyl sites for hydroxylation is 1. The van der Waals surface area contributed by atoms with Crippen LogP contribution < -0.4 is 19.5 Å². The number of methoxy groups -OCH3 is 2. The van der Waals surface area contributed by atoms with E-state index in [9.17, 15) is 13.2 Å². The number of hydrogen-bond acceptors (Lipinski definition) is 7. The lowest BCUT2D eigenvalue weighted by Gasteiger charge is -2.11. The summed E-state index contributed by atoms with van der Waals surface area (Å²) in [4.78, 5) is 16.8. The molecule has 0 spiro atoms. The number of carbonyl (C=O) groups is 1. The number of anilines is 2. The highest BCUT2D eigenvalue weighted by molar-refractivity contribution is 7.93. The van der Waals surface area contributed by atoms with Crippen LogP contribution >= 0.6 is 11.3 Å². The van der Waals surface area contributed by atoms with Gasteiger partial charge in [0.05, 0.1) is 30.5 Å². The van der Waals surface area contributed by atoms with E-state index < -0.39 is 10.0 Å². The fraction of sp³-hybridized carbons (Fsp3) is 0.200. The van der Waals surface area contributed by atoms with E-state index in [1.165, 1.54) is 30.6 Å². The van der Waals surface area contributed by atoms with Gasteiger partial charge in [0.1, 0.15) is 11.5 Å². The van der Waals surface area contributed by atoms with Crippen molar-refractivity contribution in [2.24, 2.45) is 0 Å². The molecule has 10 heteroatoms. The minimum absolute atomic E-state index is 0.161. The van der Waals surface area contributed by atoms with Crippen LogP contribution in [0.25, 0.3) is 0 Å². The molecule has 1 heterocycles. The molecule has 0 aliphatic rings. The number of amides is 1. The van der Waals surface area contributed by atoms with E-state index in [0.29, 0.717) is 29.3 Å². The van der Waals surface area contributed by atoms with Crippen molar-refractivity contribution < 1.29 is 22.7 Å². The number of hydrogen-bond donors (Lipinski definition) is 2. The van der Waals surface area contributed by atoms with Crippen LogP contribution in [0.5, 0.6) is 11.5 Å². The second-order valence-corrected chi connectivity index (χ2v) is 8.72. The van der Waals surface area contributed by atoms with E-state index in [1.807, 2.05) is 0 Å². The predicted octanol–water partition coefficient (Wildman–Crippen LogP) is 3.53. The van der Waals surface area contributed by atoms with Gasteiger partial charge >= 0.3 is 0 Å². The van der Waals surface area contributed by atoms with Gasteiger partial charge in [-0.2, -0.15) is 0 Å². The lowest BCUT2D eigenvalue weighted by atomic mass is 10.2. The van der Waals surface area contributed by atoms with Crippen LogP contribution in [0.3, 0.4) is 0 Å². The van der Waals surface area contributed by atoms with Gasteiger partial charge < -0.3 is 14.8 Å². The fourth-order valence-corrected chi connectivity index (χ4v) is 4.63. The van der Waals surface area contributed by atoms with Crippen LogP contribution in [-0.4, -0.2) is 33.5 Å². The summed E-state index contributed by atoms with van der Waals surface area (Å²) in [6, 6.07) is 13.2. The van der Waals surface area contributed by atoms with E-state index in [1.54, 1.807) is 48.9 Å². The maximum atomic E-state index is 12.4. The number of carbonyl (C=O) groups excluding carboxylic acids is 1. The Morgan fingerprint density at radius 1 is 1.10 bits per heavy atom. The van der Waals surface area contributed by atoms with Gasteiger partial charge in [0.25, 0.3) is 10.0 Å². The predicted molar refractivity (Wildman–Crippen MR) is 116 cm³/mol. The molecule has 0 radical (unpaired) electrons. The summed E-state index contributed by atoms with van der Waals surface area (Å²) in [5.41, 5.74) is 1.13. The van der Waals surface area contributed by atoms with Crippen molar-refractivity contribution in [3.8, 4) is 11.5 Å². The molecule has 1 amide bonds. The Kier molecular flexibility index (Phi) is 6.91. The van der Waals surface area contributed by atoms with E-state index in [2.05, 4.69) is 15.0 Å². The van der Waals surface area contributed by atoms with Gasteiger partial charge in [-0.15, -0.1) is 11.3 Å². The third-order valence-corrected chi connectivity index (χ3v) is 6.41. The Labute approximate surface area is 178 Å². The average molecular weight is 448 g/mol. The van der Waals surface area contributed by atoms with E-state index in [-0.39, 0.29) is 22.4 Å². The van der Waals surface area contributed by atoms with Crippen LogP contribution in [0.4, 0.5) is 10.8 Å². The minimum Gasteiger partial charge on any atom is -0.497 e. The summed E-state index contributed by atoms with van der Waals surface area (Å²) < 4.78 is 37.6. The number of sulfonamides is 1. The molecule has 0 fully saturated rings. The Morgan fingerprint density at radius 3 is 2.57 bits per heavy atom. The summed E-state index contributed by atoms with van der Waals surface area (Å²) in [5.74, 6) is 0.900. The van der Waals surface area contributed by atoms with Crippen molar-refractivity contribution in [3.05, 3.63) is 59.6 Å². The minimum atomic E-state index is -3.69. The molecular weight excluding hydrogens is 426 g/mol. The highest BCUT2D eigenvalue weighted by atomic mass is 32.2. The molecule has 3 aromatic rings. The van der Waals surface area contributed by atoms with Crippen molar-refractivity contribution in [3.63, 3.8) is 0 Å². The number of thiazole rings is 1. The number of aromatic nitrogens is 1. The Bertz CT molecular complexity index is 1110. The monoisotopic (exact) mass is 447 g/mol. The first-order valence-electron chi connectivity index (χ1n) is 8.95. The zero-order valence-corrected chi connectivity index (χ0v) is 18.0. The summed E-state index contributed by atoms with van der Waals surface area (Å²) in [6.07, 6.45) is 0.538. The number of nitrogens with zero attached hydrogens (tertiary/aromatic N) is 1. The smallest absolute Gasteiger partial charge is 0.263 e. The molecule has 0 aliphatic heterocycles. The van der Waals surface area contributed by atoms with Gasteiger partial charge in [-0.3, -0.25) is 9.52 Å². The SMILES string of the molecule is COc1ccc(OC)c(NC(=O)CCc2csc(NS(=O)(=O)c3ccccc3)n2)c1. The van der Waals surface area contributed by atoms with E-state index in [0.717, 1.165) is 0 Å². The van der Waals surface area contributed by atoms with Crippen LogP contribution in [0, 0.1) is 0 Å². The Balaban J connectivity index is 1.59. The second-order valence-electron chi connectivity index (χ2n) is 6.18. The van der Waals surface area contributed by atoms with Crippen molar-refractivity contribution in [1.82, 2.24) is 4.98 Å². The van der Waals surface area contributed by atoms with Gasteiger partial charge in [-0.1, -0.05) is 18.2 Å². The number of ether oxygens (including phenoxy) is 2. The fourth-order valence-electron chi connectivity index (χ4n) is 2.61. The molecule has 1 aromatic heterocycles. The molecule has 0 bridgehead atoms. The lowest BCUT2D eigenvalue weighted by molar-refractivity contribution is -0.116. The lowest BCUT2D eigenvalue weighted by Crippen LogP contribution is -2.14. The van der Waals surface area contributed by atoms with Crippen LogP contribution in [0.15, 0.2) is 58.8 Å². The van der Waals surface area contributed by atoms with E-state index >= 15 is 0 Å². The summed E-state index contributed by atoms with van der Waals surface area (Å²) in [6.45, 7) is 0. The number of rotatable bonds is 9. The topological polar surface area (TPSA) is 107 Å². The van der Waals surface area contributed by atoms with Gasteiger partial charge in [0.2, 0.25) is 5.91 Å². The number of benzene rings is 2. The van der Waals surface area contributed by atoms with Crippen LogP contribution in [-0.2, 0) is 21.2 Å². The third kappa shape index (κ3) is 5.49. The molecule has 0 saturated carbocycles. The zero-order chi connectivity index (χ0) is 21.6. The first-order valence-corrected chi connectivity index (χ1v) is 11.3. The molecule has 0 saturated heterocycles. The molecule has 30 heavy (non-hydrogen) atoms. The molecule has 0 unspecified atom stereocenters. The maximum absolute atomic E-state index is 12.4.